The molecule has 2 aromatic heterocycles. The first-order valence-electron chi connectivity index (χ1n) is 9.27. The minimum absolute atomic E-state index is 0.0742. The van der Waals surface area contributed by atoms with Crippen LogP contribution in [0, 0.1) is 0 Å². The Kier molecular flexibility index (Phi) is 6.96. The number of carboxylic acids is 1. The summed E-state index contributed by atoms with van der Waals surface area (Å²) >= 11 is 0. The number of rotatable bonds is 3. The Morgan fingerprint density at radius 2 is 1.73 bits per heavy atom. The van der Waals surface area contributed by atoms with Gasteiger partial charge in [-0.1, -0.05) is 12.1 Å². The molecule has 3 aromatic rings. The molecule has 1 atom stereocenters. The third-order valence-electron chi connectivity index (χ3n) is 4.22. The van der Waals surface area contributed by atoms with Crippen LogP contribution in [0.1, 0.15) is 0 Å². The van der Waals surface area contributed by atoms with Crippen molar-refractivity contribution in [2.75, 3.05) is 11.9 Å². The summed E-state index contributed by atoms with van der Waals surface area (Å²) in [6.07, 6.45) is -1.02. The van der Waals surface area contributed by atoms with Gasteiger partial charge in [0.1, 0.15) is 12.3 Å². The molecule has 4 rings (SSSR count). The second kappa shape index (κ2) is 9.85. The van der Waals surface area contributed by atoms with Crippen LogP contribution < -0.4 is 20.3 Å². The highest BCUT2D eigenvalue weighted by molar-refractivity contribution is 5.95. The molecule has 0 fully saturated rings. The zero-order valence-electron chi connectivity index (χ0n) is 16.6. The lowest BCUT2D eigenvalue weighted by molar-refractivity contribution is -0.192. The SMILES string of the molecule is O=C(Nc1cc(-c2ccncc2)c[nH]c1=O)[C@H]1COc2ccccc2O1.O=C(O)C(F)(F)F. The van der Waals surface area contributed by atoms with E-state index >= 15 is 0 Å². The van der Waals surface area contributed by atoms with Crippen LogP contribution >= 0.6 is 0 Å². The van der Waals surface area contributed by atoms with Gasteiger partial charge in [-0.25, -0.2) is 4.79 Å². The molecular formula is C21H16F3N3O6. The van der Waals surface area contributed by atoms with Crippen LogP contribution in [-0.2, 0) is 9.59 Å². The van der Waals surface area contributed by atoms with Crippen molar-refractivity contribution < 1.29 is 37.3 Å². The number of hydrogen-bond acceptors (Lipinski definition) is 6. The van der Waals surface area contributed by atoms with Gasteiger partial charge in [-0.3, -0.25) is 14.6 Å². The lowest BCUT2D eigenvalue weighted by atomic mass is 10.1. The number of amides is 1. The number of nitrogens with one attached hydrogen (secondary N) is 2. The second-order valence-corrected chi connectivity index (χ2v) is 6.52. The summed E-state index contributed by atoms with van der Waals surface area (Å²) in [6, 6.07) is 12.4. The molecule has 0 saturated carbocycles. The molecule has 1 amide bonds. The summed E-state index contributed by atoms with van der Waals surface area (Å²) < 4.78 is 42.9. The molecule has 33 heavy (non-hydrogen) atoms. The smallest absolute Gasteiger partial charge is 0.485 e. The van der Waals surface area contributed by atoms with Gasteiger partial charge in [-0.2, -0.15) is 13.2 Å². The van der Waals surface area contributed by atoms with Crippen LogP contribution in [0.2, 0.25) is 0 Å². The maximum Gasteiger partial charge on any atom is 0.490 e. The second-order valence-electron chi connectivity index (χ2n) is 6.52. The zero-order valence-corrected chi connectivity index (χ0v) is 16.6. The molecule has 9 nitrogen and oxygen atoms in total. The number of pyridine rings is 2. The van der Waals surface area contributed by atoms with Crippen molar-refractivity contribution in [3.8, 4) is 22.6 Å². The first-order valence-corrected chi connectivity index (χ1v) is 9.27. The van der Waals surface area contributed by atoms with Gasteiger partial charge in [-0.15, -0.1) is 0 Å². The van der Waals surface area contributed by atoms with E-state index in [0.717, 1.165) is 11.1 Å². The van der Waals surface area contributed by atoms with Crippen LogP contribution in [0.3, 0.4) is 0 Å². The van der Waals surface area contributed by atoms with Crippen LogP contribution in [0.15, 0.2) is 65.8 Å². The van der Waals surface area contributed by atoms with E-state index in [1.807, 2.05) is 18.2 Å². The molecular weight excluding hydrogens is 447 g/mol. The molecule has 0 spiro atoms. The number of para-hydroxylation sites is 2. The van der Waals surface area contributed by atoms with Crippen LogP contribution in [0.5, 0.6) is 11.5 Å². The van der Waals surface area contributed by atoms with E-state index in [1.165, 1.54) is 0 Å². The molecule has 3 N–H and O–H groups in total. The molecule has 1 aromatic carbocycles. The Morgan fingerprint density at radius 1 is 1.09 bits per heavy atom. The summed E-state index contributed by atoms with van der Waals surface area (Å²) in [5, 5.41) is 9.74. The van der Waals surface area contributed by atoms with E-state index in [2.05, 4.69) is 15.3 Å². The van der Waals surface area contributed by atoms with Gasteiger partial charge in [0, 0.05) is 24.2 Å². The molecule has 0 bridgehead atoms. The van der Waals surface area contributed by atoms with E-state index in [0.29, 0.717) is 11.5 Å². The number of aromatic amines is 1. The van der Waals surface area contributed by atoms with Crippen LogP contribution in [-0.4, -0.2) is 45.8 Å². The Morgan fingerprint density at radius 3 is 2.36 bits per heavy atom. The predicted octanol–water partition coefficient (Wildman–Crippen LogP) is 2.85. The summed E-state index contributed by atoms with van der Waals surface area (Å²) in [5.74, 6) is -2.11. The van der Waals surface area contributed by atoms with E-state index in [-0.39, 0.29) is 12.3 Å². The number of carbonyl (C=O) groups is 2. The number of aliphatic carboxylic acids is 1. The highest BCUT2D eigenvalue weighted by Gasteiger charge is 2.38. The Balaban J connectivity index is 0.000000383. The number of carboxylic acid groups (broad SMARTS) is 1. The number of anilines is 1. The third-order valence-corrected chi connectivity index (χ3v) is 4.22. The number of hydrogen-bond donors (Lipinski definition) is 3. The molecule has 3 heterocycles. The fraction of sp³-hybridized carbons (Fsp3) is 0.143. The summed E-state index contributed by atoms with van der Waals surface area (Å²) in [5.41, 5.74) is 1.38. The number of nitrogens with zero attached hydrogens (tertiary/aromatic N) is 1. The molecule has 1 aliphatic rings. The fourth-order valence-electron chi connectivity index (χ4n) is 2.65. The highest BCUT2D eigenvalue weighted by Crippen LogP contribution is 2.31. The Labute approximate surface area is 183 Å². The number of H-pyrrole nitrogens is 1. The number of halogens is 3. The largest absolute Gasteiger partial charge is 0.490 e. The van der Waals surface area contributed by atoms with E-state index in [9.17, 15) is 22.8 Å². The zero-order chi connectivity index (χ0) is 24.0. The molecule has 0 radical (unpaired) electrons. The van der Waals surface area contributed by atoms with Crippen LogP contribution in [0.25, 0.3) is 11.1 Å². The van der Waals surface area contributed by atoms with Gasteiger partial charge in [-0.05, 0) is 35.9 Å². The summed E-state index contributed by atoms with van der Waals surface area (Å²) in [4.78, 5) is 40.1. The van der Waals surface area contributed by atoms with Gasteiger partial charge in [0.15, 0.2) is 11.5 Å². The van der Waals surface area contributed by atoms with Gasteiger partial charge in [0.25, 0.3) is 11.5 Å². The van der Waals surface area contributed by atoms with Gasteiger partial charge in [0.05, 0.1) is 0 Å². The monoisotopic (exact) mass is 463 g/mol. The third kappa shape index (κ3) is 6.09. The predicted molar refractivity (Wildman–Crippen MR) is 109 cm³/mol. The van der Waals surface area contributed by atoms with Crippen molar-refractivity contribution in [3.05, 3.63) is 71.4 Å². The minimum atomic E-state index is -5.08. The molecule has 12 heteroatoms. The van der Waals surface area contributed by atoms with Gasteiger partial charge < -0.3 is 24.9 Å². The van der Waals surface area contributed by atoms with Crippen molar-refractivity contribution >= 4 is 17.6 Å². The Bertz CT molecular complexity index is 1200. The Hall–Kier alpha value is -4.35. The topological polar surface area (TPSA) is 131 Å². The normalized spacial score (nSPS) is 14.5. The molecule has 0 unspecified atom stereocenters. The quantitative estimate of drug-likeness (QED) is 0.545. The first-order chi connectivity index (χ1) is 15.6. The lowest BCUT2D eigenvalue weighted by Crippen LogP contribution is -2.41. The summed E-state index contributed by atoms with van der Waals surface area (Å²) in [7, 11) is 0. The van der Waals surface area contributed by atoms with Crippen LogP contribution in [0.4, 0.5) is 18.9 Å². The van der Waals surface area contributed by atoms with Crippen molar-refractivity contribution in [2.45, 2.75) is 12.3 Å². The van der Waals surface area contributed by atoms with Crippen molar-refractivity contribution in [3.63, 3.8) is 0 Å². The van der Waals surface area contributed by atoms with Crippen molar-refractivity contribution in [1.82, 2.24) is 9.97 Å². The number of aromatic nitrogens is 2. The molecule has 172 valence electrons. The average molecular weight is 463 g/mol. The van der Waals surface area contributed by atoms with E-state index in [4.69, 9.17) is 19.4 Å². The average Bonchev–Trinajstić information content (AvgIpc) is 2.80. The van der Waals surface area contributed by atoms with Crippen molar-refractivity contribution in [2.24, 2.45) is 0 Å². The molecule has 0 aliphatic carbocycles. The van der Waals surface area contributed by atoms with Crippen molar-refractivity contribution in [1.29, 1.82) is 0 Å². The number of benzene rings is 1. The minimum Gasteiger partial charge on any atom is -0.485 e. The molecule has 0 saturated heterocycles. The van der Waals surface area contributed by atoms with Gasteiger partial charge in [0.2, 0.25) is 6.10 Å². The summed E-state index contributed by atoms with van der Waals surface area (Å²) in [6.45, 7) is 0.0742. The maximum atomic E-state index is 12.5. The molecule has 1 aliphatic heterocycles. The number of alkyl halides is 3. The lowest BCUT2D eigenvalue weighted by Gasteiger charge is -2.25. The first kappa shape index (κ1) is 23.3. The highest BCUT2D eigenvalue weighted by atomic mass is 19.4. The number of fused-ring (bicyclic) bond motifs is 1. The number of carbonyl (C=O) groups excluding carboxylic acids is 1. The van der Waals surface area contributed by atoms with E-state index < -0.39 is 29.7 Å². The number of ether oxygens (including phenoxy) is 2. The fourth-order valence-corrected chi connectivity index (χ4v) is 2.65. The standard InChI is InChI=1S/C19H15N3O4.C2HF3O2/c23-18-14(9-13(10-21-18)12-5-7-20-8-6-12)22-19(24)17-11-25-15-3-1-2-4-16(15)26-17;3-2(4,5)1(6)7/h1-10,17H,11H2,(H,21,23)(H,22,24);(H,6,7)/t17-;/m1./s1. The van der Waals surface area contributed by atoms with E-state index in [1.54, 1.807) is 42.9 Å². The maximum absolute atomic E-state index is 12.5. The van der Waals surface area contributed by atoms with Gasteiger partial charge >= 0.3 is 12.1 Å².